The number of carbonyl (C=O) groups is 4. The highest BCUT2D eigenvalue weighted by Gasteiger charge is 2.36. The van der Waals surface area contributed by atoms with Crippen molar-refractivity contribution >= 4 is 40.3 Å². The molecule has 0 spiro atoms. The number of thioether (sulfide) groups is 1. The summed E-state index contributed by atoms with van der Waals surface area (Å²) in [5.74, 6) is -1.27. The lowest BCUT2D eigenvalue weighted by Crippen LogP contribution is -2.49. The lowest BCUT2D eigenvalue weighted by molar-refractivity contribution is -0.140. The van der Waals surface area contributed by atoms with E-state index in [9.17, 15) is 19.2 Å². The number of para-hydroxylation sites is 1. The number of anilines is 1. The Hall–Kier alpha value is -2.55. The lowest BCUT2D eigenvalue weighted by atomic mass is 10.1. The Morgan fingerprint density at radius 1 is 1.28 bits per heavy atom. The fourth-order valence-corrected chi connectivity index (χ4v) is 3.84. The molecule has 29 heavy (non-hydrogen) atoms. The van der Waals surface area contributed by atoms with Crippen LogP contribution in [-0.2, 0) is 25.6 Å². The van der Waals surface area contributed by atoms with Crippen LogP contribution in [0.15, 0.2) is 24.3 Å². The zero-order valence-corrected chi connectivity index (χ0v) is 17.5. The van der Waals surface area contributed by atoms with E-state index in [-0.39, 0.29) is 29.3 Å². The minimum Gasteiger partial charge on any atom is -0.481 e. The zero-order valence-electron chi connectivity index (χ0n) is 16.6. The van der Waals surface area contributed by atoms with E-state index in [0.29, 0.717) is 30.8 Å². The first-order chi connectivity index (χ1) is 13.8. The van der Waals surface area contributed by atoms with Crippen molar-refractivity contribution in [2.75, 3.05) is 17.7 Å². The van der Waals surface area contributed by atoms with Crippen LogP contribution in [0.3, 0.4) is 0 Å². The molecule has 2 amide bonds. The van der Waals surface area contributed by atoms with Gasteiger partial charge < -0.3 is 10.0 Å². The van der Waals surface area contributed by atoms with Crippen LogP contribution in [0.4, 0.5) is 5.69 Å². The van der Waals surface area contributed by atoms with Gasteiger partial charge in [-0.05, 0) is 30.9 Å². The van der Waals surface area contributed by atoms with E-state index in [4.69, 9.17) is 5.11 Å². The zero-order chi connectivity index (χ0) is 21.4. The van der Waals surface area contributed by atoms with E-state index in [2.05, 4.69) is 10.9 Å². The van der Waals surface area contributed by atoms with Gasteiger partial charge in [-0.15, -0.1) is 0 Å². The van der Waals surface area contributed by atoms with Gasteiger partial charge >= 0.3 is 5.97 Å². The second-order valence-corrected chi connectivity index (χ2v) is 8.26. The Morgan fingerprint density at radius 2 is 2.00 bits per heavy atom. The van der Waals surface area contributed by atoms with Crippen molar-refractivity contribution in [3.05, 3.63) is 29.8 Å². The molecule has 1 fully saturated rings. The summed E-state index contributed by atoms with van der Waals surface area (Å²) in [5, 5.41) is 8.84. The number of carbonyl (C=O) groups excluding carboxylic acids is 3. The van der Waals surface area contributed by atoms with Gasteiger partial charge in [0.1, 0.15) is 6.04 Å². The van der Waals surface area contributed by atoms with Crippen LogP contribution in [-0.4, -0.2) is 51.2 Å². The molecule has 2 atom stereocenters. The first kappa shape index (κ1) is 22.7. The minimum atomic E-state index is -0.888. The maximum Gasteiger partial charge on any atom is 0.303 e. The Balaban J connectivity index is 1.95. The van der Waals surface area contributed by atoms with Gasteiger partial charge in [0, 0.05) is 31.6 Å². The van der Waals surface area contributed by atoms with E-state index in [1.54, 1.807) is 30.0 Å². The molecule has 158 valence electrons. The van der Waals surface area contributed by atoms with Gasteiger partial charge in [0.2, 0.25) is 5.91 Å². The highest BCUT2D eigenvalue weighted by Crippen LogP contribution is 2.22. The smallest absolute Gasteiger partial charge is 0.303 e. The number of nitrogens with zero attached hydrogens (tertiary/aromatic N) is 1. The summed E-state index contributed by atoms with van der Waals surface area (Å²) in [6.07, 6.45) is 1.65. The van der Waals surface area contributed by atoms with Crippen LogP contribution in [0.25, 0.3) is 0 Å². The summed E-state index contributed by atoms with van der Waals surface area (Å²) in [7, 11) is 0. The number of nitrogens with one attached hydrogen (secondary N) is 2. The Morgan fingerprint density at radius 3 is 2.69 bits per heavy atom. The van der Waals surface area contributed by atoms with Crippen LogP contribution < -0.4 is 10.9 Å². The number of carboxylic acids is 1. The molecule has 2 unspecified atom stereocenters. The number of hydrogen-bond acceptors (Lipinski definition) is 6. The first-order valence-electron chi connectivity index (χ1n) is 9.59. The fraction of sp³-hybridized carbons (Fsp3) is 0.500. The molecular formula is C20H27N3O5S. The van der Waals surface area contributed by atoms with Crippen molar-refractivity contribution in [3.8, 4) is 0 Å². The predicted molar refractivity (Wildman–Crippen MR) is 111 cm³/mol. The molecule has 1 aromatic rings. The molecule has 1 aromatic carbocycles. The van der Waals surface area contributed by atoms with E-state index in [1.807, 2.05) is 6.07 Å². The first-order valence-corrected chi connectivity index (χ1v) is 10.6. The molecule has 3 N–H and O–H groups in total. The van der Waals surface area contributed by atoms with E-state index < -0.39 is 12.0 Å². The Kier molecular flexibility index (Phi) is 8.50. The molecule has 8 nitrogen and oxygen atoms in total. The average Bonchev–Trinajstić information content (AvgIpc) is 3.18. The fourth-order valence-electron chi connectivity index (χ4n) is 3.21. The molecular weight excluding hydrogens is 394 g/mol. The van der Waals surface area contributed by atoms with Crippen molar-refractivity contribution in [3.63, 3.8) is 0 Å². The quantitative estimate of drug-likeness (QED) is 0.523. The van der Waals surface area contributed by atoms with Crippen molar-refractivity contribution in [1.29, 1.82) is 0 Å². The third-order valence-corrected chi connectivity index (χ3v) is 5.82. The van der Waals surface area contributed by atoms with Gasteiger partial charge in [-0.2, -0.15) is 0 Å². The number of carboxylic acid groups (broad SMARTS) is 1. The maximum absolute atomic E-state index is 12.7. The molecule has 0 bridgehead atoms. The summed E-state index contributed by atoms with van der Waals surface area (Å²) in [6.45, 7) is 3.75. The minimum absolute atomic E-state index is 0.00624. The molecule has 0 radical (unpaired) electrons. The van der Waals surface area contributed by atoms with Crippen LogP contribution in [0.5, 0.6) is 0 Å². The molecule has 0 aliphatic carbocycles. The van der Waals surface area contributed by atoms with E-state index >= 15 is 0 Å². The number of rotatable bonds is 9. The van der Waals surface area contributed by atoms with Crippen molar-refractivity contribution in [2.45, 2.75) is 45.6 Å². The molecule has 1 aliphatic heterocycles. The predicted octanol–water partition coefficient (Wildman–Crippen LogP) is 2.05. The van der Waals surface area contributed by atoms with Crippen molar-refractivity contribution in [2.24, 2.45) is 5.92 Å². The number of hydrazine groups is 1. The molecule has 2 rings (SSSR count). The third kappa shape index (κ3) is 6.77. The van der Waals surface area contributed by atoms with E-state index in [0.717, 1.165) is 23.7 Å². The highest BCUT2D eigenvalue weighted by molar-refractivity contribution is 8.13. The summed E-state index contributed by atoms with van der Waals surface area (Å²) in [5.41, 5.74) is 6.93. The van der Waals surface area contributed by atoms with Crippen molar-refractivity contribution in [1.82, 2.24) is 10.3 Å². The number of likely N-dealkylation sites (tertiary alicyclic amines) is 1. The Labute approximate surface area is 174 Å². The molecule has 1 heterocycles. The van der Waals surface area contributed by atoms with Gasteiger partial charge in [0.15, 0.2) is 5.12 Å². The number of aliphatic carboxylic acids is 1. The second kappa shape index (κ2) is 10.8. The number of amides is 2. The van der Waals surface area contributed by atoms with E-state index in [1.165, 1.54) is 6.92 Å². The van der Waals surface area contributed by atoms with Crippen molar-refractivity contribution < 1.29 is 24.3 Å². The summed E-state index contributed by atoms with van der Waals surface area (Å²) in [4.78, 5) is 48.9. The lowest BCUT2D eigenvalue weighted by Gasteiger charge is -2.27. The number of hydrogen-bond donors (Lipinski definition) is 3. The molecule has 1 saturated heterocycles. The summed E-state index contributed by atoms with van der Waals surface area (Å²) in [6, 6.07) is 6.60. The summed E-state index contributed by atoms with van der Waals surface area (Å²) >= 11 is 1.11. The molecule has 0 aromatic heterocycles. The topological polar surface area (TPSA) is 116 Å². The maximum atomic E-state index is 12.7. The molecule has 9 heteroatoms. The third-order valence-electron chi connectivity index (χ3n) is 4.74. The van der Waals surface area contributed by atoms with Gasteiger partial charge in [0.05, 0.1) is 5.69 Å². The molecule has 1 aliphatic rings. The van der Waals surface area contributed by atoms with Gasteiger partial charge in [0.25, 0.3) is 5.91 Å². The Bertz CT molecular complexity index is 770. The SMILES string of the molecule is CC(=O)SCC(C)C(=O)N1CCCC1C(=O)NNc1ccccc1CCC(=O)O. The highest BCUT2D eigenvalue weighted by atomic mass is 32.2. The normalized spacial score (nSPS) is 16.9. The monoisotopic (exact) mass is 421 g/mol. The summed E-state index contributed by atoms with van der Waals surface area (Å²) < 4.78 is 0. The number of aryl methyl sites for hydroxylation is 1. The van der Waals surface area contributed by atoms with Crippen LogP contribution in [0, 0.1) is 5.92 Å². The second-order valence-electron chi connectivity index (χ2n) is 7.06. The standard InChI is InChI=1S/C20H27N3O5S/c1-13(12-29-14(2)24)20(28)23-11-5-8-17(23)19(27)22-21-16-7-4-3-6-15(16)9-10-18(25)26/h3-4,6-7,13,17,21H,5,8-12H2,1-2H3,(H,22,27)(H,25,26). The average molecular weight is 422 g/mol. The van der Waals surface area contributed by atoms with Crippen LogP contribution >= 0.6 is 11.8 Å². The molecule has 0 saturated carbocycles. The number of benzene rings is 1. The van der Waals surface area contributed by atoms with Gasteiger partial charge in [-0.25, -0.2) is 0 Å². The van der Waals surface area contributed by atoms with Gasteiger partial charge in [-0.1, -0.05) is 36.9 Å². The largest absolute Gasteiger partial charge is 0.481 e. The van der Waals surface area contributed by atoms with Gasteiger partial charge in [-0.3, -0.25) is 30.0 Å². The van der Waals surface area contributed by atoms with Crippen LogP contribution in [0.2, 0.25) is 0 Å². The van der Waals surface area contributed by atoms with Crippen LogP contribution in [0.1, 0.15) is 38.7 Å².